The van der Waals surface area contributed by atoms with Gasteiger partial charge in [-0.05, 0) is 24.6 Å². The van der Waals surface area contributed by atoms with Crippen molar-refractivity contribution in [3.05, 3.63) is 42.4 Å². The summed E-state index contributed by atoms with van der Waals surface area (Å²) in [7, 11) is 1.58. The molecule has 3 aromatic heterocycles. The summed E-state index contributed by atoms with van der Waals surface area (Å²) in [5, 5.41) is 11.2. The number of rotatable bonds is 5. The second kappa shape index (κ2) is 6.88. The Morgan fingerprint density at radius 3 is 2.81 bits per heavy atom. The van der Waals surface area contributed by atoms with E-state index in [9.17, 15) is 4.79 Å². The highest BCUT2D eigenvalue weighted by Gasteiger charge is 2.25. The van der Waals surface area contributed by atoms with Crippen LogP contribution in [-0.2, 0) is 0 Å². The van der Waals surface area contributed by atoms with Crippen molar-refractivity contribution in [1.82, 2.24) is 19.9 Å². The summed E-state index contributed by atoms with van der Waals surface area (Å²) < 4.78 is 6.86. The number of hydrogen-bond donors (Lipinski definition) is 3. The number of nitrogens with one attached hydrogen (secondary N) is 2. The molecule has 1 amide bonds. The number of anilines is 1. The van der Waals surface area contributed by atoms with Gasteiger partial charge >= 0.3 is 0 Å². The van der Waals surface area contributed by atoms with Gasteiger partial charge in [0.25, 0.3) is 5.91 Å². The maximum atomic E-state index is 12.0. The second-order valence-electron chi connectivity index (χ2n) is 6.83. The number of methoxy groups -OCH3 is 1. The molecule has 27 heavy (non-hydrogen) atoms. The van der Waals surface area contributed by atoms with E-state index in [1.165, 1.54) is 6.20 Å². The number of nitrogens with two attached hydrogens (primary N) is 1. The van der Waals surface area contributed by atoms with Crippen LogP contribution >= 0.6 is 0 Å². The Bertz CT molecular complexity index is 982. The van der Waals surface area contributed by atoms with Crippen molar-refractivity contribution in [3.63, 3.8) is 0 Å². The lowest BCUT2D eigenvalue weighted by Crippen LogP contribution is -2.29. The maximum absolute atomic E-state index is 12.0. The van der Waals surface area contributed by atoms with E-state index in [0.29, 0.717) is 23.0 Å². The van der Waals surface area contributed by atoms with Gasteiger partial charge in [0.15, 0.2) is 0 Å². The summed E-state index contributed by atoms with van der Waals surface area (Å²) in [6, 6.07) is 5.95. The SMILES string of the molecule is COc1ccc(-c2cc3c(N[C@@H]4CNC[C@H]4C)c(C(N)=O)cnn3c2)cn1. The van der Waals surface area contributed by atoms with Crippen molar-refractivity contribution < 1.29 is 9.53 Å². The van der Waals surface area contributed by atoms with E-state index in [2.05, 4.69) is 27.6 Å². The van der Waals surface area contributed by atoms with Crippen molar-refractivity contribution in [3.8, 4) is 17.0 Å². The number of ether oxygens (including phenoxy) is 1. The molecule has 3 aromatic rings. The first-order chi connectivity index (χ1) is 13.1. The Morgan fingerprint density at radius 1 is 1.33 bits per heavy atom. The van der Waals surface area contributed by atoms with E-state index in [4.69, 9.17) is 10.5 Å². The molecule has 0 radical (unpaired) electrons. The molecule has 8 nitrogen and oxygen atoms in total. The zero-order valence-corrected chi connectivity index (χ0v) is 15.3. The van der Waals surface area contributed by atoms with Gasteiger partial charge in [-0.2, -0.15) is 5.10 Å². The largest absolute Gasteiger partial charge is 0.481 e. The summed E-state index contributed by atoms with van der Waals surface area (Å²) in [4.78, 5) is 16.2. The van der Waals surface area contributed by atoms with Crippen LogP contribution in [0.2, 0.25) is 0 Å². The zero-order valence-electron chi connectivity index (χ0n) is 15.3. The first-order valence-corrected chi connectivity index (χ1v) is 8.85. The first-order valence-electron chi connectivity index (χ1n) is 8.85. The Balaban J connectivity index is 1.79. The number of aromatic nitrogens is 3. The Labute approximate surface area is 156 Å². The highest BCUT2D eigenvalue weighted by atomic mass is 16.5. The summed E-state index contributed by atoms with van der Waals surface area (Å²) in [5.74, 6) is 0.501. The van der Waals surface area contributed by atoms with Crippen molar-refractivity contribution in [2.24, 2.45) is 11.7 Å². The fourth-order valence-corrected chi connectivity index (χ4v) is 3.41. The fourth-order valence-electron chi connectivity index (χ4n) is 3.41. The van der Waals surface area contributed by atoms with Gasteiger partial charge in [0.2, 0.25) is 5.88 Å². The van der Waals surface area contributed by atoms with Crippen LogP contribution in [0.3, 0.4) is 0 Å². The molecule has 2 atom stereocenters. The van der Waals surface area contributed by atoms with Crippen molar-refractivity contribution >= 4 is 17.1 Å². The predicted octanol–water partition coefficient (Wildman–Crippen LogP) is 1.52. The van der Waals surface area contributed by atoms with Gasteiger partial charge in [-0.15, -0.1) is 0 Å². The molecule has 4 heterocycles. The standard InChI is InChI=1S/C19H22N6O2/c1-11-6-21-9-15(11)24-18-14(19(20)26)8-23-25-10-13(5-16(18)25)12-3-4-17(27-2)22-7-12/h3-5,7-8,10-11,15,21,24H,6,9H2,1-2H3,(H2,20,26)/t11-,15-/m1/s1. The van der Waals surface area contributed by atoms with Crippen LogP contribution in [0.15, 0.2) is 36.8 Å². The smallest absolute Gasteiger partial charge is 0.252 e. The minimum Gasteiger partial charge on any atom is -0.481 e. The van der Waals surface area contributed by atoms with Gasteiger partial charge in [0, 0.05) is 42.2 Å². The van der Waals surface area contributed by atoms with Gasteiger partial charge < -0.3 is 21.1 Å². The summed E-state index contributed by atoms with van der Waals surface area (Å²) >= 11 is 0. The van der Waals surface area contributed by atoms with Crippen LogP contribution in [0.25, 0.3) is 16.6 Å². The number of nitrogens with zero attached hydrogens (tertiary/aromatic N) is 3. The first kappa shape index (κ1) is 17.3. The molecule has 0 saturated carbocycles. The molecule has 8 heteroatoms. The van der Waals surface area contributed by atoms with Gasteiger partial charge in [-0.25, -0.2) is 9.50 Å². The minimum absolute atomic E-state index is 0.218. The molecule has 0 aliphatic carbocycles. The monoisotopic (exact) mass is 366 g/mol. The quantitative estimate of drug-likeness (QED) is 0.632. The minimum atomic E-state index is -0.500. The van der Waals surface area contributed by atoms with Crippen LogP contribution in [0, 0.1) is 5.92 Å². The molecule has 0 aromatic carbocycles. The van der Waals surface area contributed by atoms with E-state index < -0.39 is 5.91 Å². The summed E-state index contributed by atoms with van der Waals surface area (Å²) in [6.45, 7) is 3.95. The van der Waals surface area contributed by atoms with E-state index >= 15 is 0 Å². The molecule has 0 spiro atoms. The average Bonchev–Trinajstić information content (AvgIpc) is 3.28. The summed E-state index contributed by atoms with van der Waals surface area (Å²) in [5.41, 5.74) is 9.38. The number of carbonyl (C=O) groups excluding carboxylic acids is 1. The average molecular weight is 366 g/mol. The molecule has 1 fully saturated rings. The van der Waals surface area contributed by atoms with Gasteiger partial charge in [-0.1, -0.05) is 6.92 Å². The maximum Gasteiger partial charge on any atom is 0.252 e. The molecule has 1 aliphatic heterocycles. The van der Waals surface area contributed by atoms with Crippen molar-refractivity contribution in [2.75, 3.05) is 25.5 Å². The van der Waals surface area contributed by atoms with Crippen LogP contribution in [-0.4, -0.2) is 46.7 Å². The van der Waals surface area contributed by atoms with Crippen LogP contribution in [0.5, 0.6) is 5.88 Å². The third-order valence-corrected chi connectivity index (χ3v) is 5.03. The number of fused-ring (bicyclic) bond motifs is 1. The van der Waals surface area contributed by atoms with Crippen LogP contribution in [0.1, 0.15) is 17.3 Å². The van der Waals surface area contributed by atoms with Crippen LogP contribution in [0.4, 0.5) is 5.69 Å². The molecular formula is C19H22N6O2. The third-order valence-electron chi connectivity index (χ3n) is 5.03. The Hall–Kier alpha value is -3.13. The van der Waals surface area contributed by atoms with Crippen molar-refractivity contribution in [2.45, 2.75) is 13.0 Å². The molecular weight excluding hydrogens is 344 g/mol. The lowest BCUT2D eigenvalue weighted by atomic mass is 10.1. The molecule has 1 aliphatic rings. The number of carbonyl (C=O) groups is 1. The van der Waals surface area contributed by atoms with Gasteiger partial charge in [0.05, 0.1) is 30.1 Å². The second-order valence-corrected chi connectivity index (χ2v) is 6.83. The molecule has 140 valence electrons. The normalized spacial score (nSPS) is 19.3. The number of pyridine rings is 1. The lowest BCUT2D eigenvalue weighted by molar-refractivity contribution is 0.100. The van der Waals surface area contributed by atoms with Crippen molar-refractivity contribution in [1.29, 1.82) is 0 Å². The summed E-state index contributed by atoms with van der Waals surface area (Å²) in [6.07, 6.45) is 5.17. The Kier molecular flexibility index (Phi) is 4.41. The number of amides is 1. The van der Waals surface area contributed by atoms with E-state index in [-0.39, 0.29) is 6.04 Å². The van der Waals surface area contributed by atoms with E-state index in [1.54, 1.807) is 17.8 Å². The lowest BCUT2D eigenvalue weighted by Gasteiger charge is -2.20. The van der Waals surface area contributed by atoms with Gasteiger partial charge in [0.1, 0.15) is 0 Å². The number of primary amides is 1. The number of hydrogen-bond acceptors (Lipinski definition) is 6. The highest BCUT2D eigenvalue weighted by Crippen LogP contribution is 2.30. The van der Waals surface area contributed by atoms with E-state index in [0.717, 1.165) is 29.7 Å². The molecule has 1 saturated heterocycles. The molecule has 4 N–H and O–H groups in total. The van der Waals surface area contributed by atoms with Crippen LogP contribution < -0.4 is 21.1 Å². The Morgan fingerprint density at radius 2 is 2.19 bits per heavy atom. The molecule has 0 bridgehead atoms. The fraction of sp³-hybridized carbons (Fsp3) is 0.316. The molecule has 4 rings (SSSR count). The third kappa shape index (κ3) is 3.19. The zero-order chi connectivity index (χ0) is 19.0. The molecule has 0 unspecified atom stereocenters. The van der Waals surface area contributed by atoms with E-state index in [1.807, 2.05) is 24.4 Å². The highest BCUT2D eigenvalue weighted by molar-refractivity contribution is 6.02. The van der Waals surface area contributed by atoms with Gasteiger partial charge in [-0.3, -0.25) is 4.79 Å². The topological polar surface area (TPSA) is 107 Å². The predicted molar refractivity (Wildman–Crippen MR) is 103 cm³/mol.